The second-order valence-electron chi connectivity index (χ2n) is 7.67. The molecular formula is C21H23FN6O4. The van der Waals surface area contributed by atoms with Crippen LogP contribution in [0, 0.1) is 5.82 Å². The Hall–Kier alpha value is -3.47. The van der Waals surface area contributed by atoms with Gasteiger partial charge < -0.3 is 24.0 Å². The molecular weight excluding hydrogens is 419 g/mol. The van der Waals surface area contributed by atoms with Gasteiger partial charge >= 0.3 is 6.09 Å². The normalized spacial score (nSPS) is 18.9. The first-order valence-corrected chi connectivity index (χ1v) is 10.4. The summed E-state index contributed by atoms with van der Waals surface area (Å²) in [5, 5.41) is 4.32. The van der Waals surface area contributed by atoms with Crippen LogP contribution in [0.2, 0.25) is 0 Å². The SMILES string of the molecule is COc1ncc(F)cc1-c1cnn2ccc(N3CCN(C(=O)OC4CCOC4)CC3)nc12. The fourth-order valence-electron chi connectivity index (χ4n) is 3.95. The summed E-state index contributed by atoms with van der Waals surface area (Å²) in [5.41, 5.74) is 1.67. The fraction of sp³-hybridized carbons (Fsp3) is 0.429. The first-order valence-electron chi connectivity index (χ1n) is 10.4. The van der Waals surface area contributed by atoms with Gasteiger partial charge in [0.15, 0.2) is 5.65 Å². The number of methoxy groups -OCH3 is 1. The molecule has 5 rings (SSSR count). The molecule has 1 amide bonds. The zero-order valence-electron chi connectivity index (χ0n) is 17.6. The Kier molecular flexibility index (Phi) is 5.48. The molecule has 32 heavy (non-hydrogen) atoms. The van der Waals surface area contributed by atoms with Crippen molar-refractivity contribution in [3.63, 3.8) is 0 Å². The first kappa shape index (κ1) is 20.4. The molecule has 1 atom stereocenters. The lowest BCUT2D eigenvalue weighted by molar-refractivity contribution is 0.0534. The van der Waals surface area contributed by atoms with Crippen LogP contribution in [0.25, 0.3) is 16.8 Å². The van der Waals surface area contributed by atoms with Crippen molar-refractivity contribution in [3.8, 4) is 17.0 Å². The van der Waals surface area contributed by atoms with Crippen LogP contribution in [0.1, 0.15) is 6.42 Å². The Bertz CT molecular complexity index is 1120. The quantitative estimate of drug-likeness (QED) is 0.606. The molecule has 2 fully saturated rings. The maximum absolute atomic E-state index is 13.9. The molecule has 3 aromatic rings. The summed E-state index contributed by atoms with van der Waals surface area (Å²) < 4.78 is 31.5. The molecule has 1 unspecified atom stereocenters. The van der Waals surface area contributed by atoms with Crippen LogP contribution >= 0.6 is 0 Å². The summed E-state index contributed by atoms with van der Waals surface area (Å²) in [6.45, 7) is 3.41. The smallest absolute Gasteiger partial charge is 0.410 e. The van der Waals surface area contributed by atoms with Crippen LogP contribution in [-0.4, -0.2) is 83.2 Å². The number of anilines is 1. The van der Waals surface area contributed by atoms with Crippen LogP contribution < -0.4 is 9.64 Å². The number of carbonyl (C=O) groups is 1. The van der Waals surface area contributed by atoms with Crippen molar-refractivity contribution in [3.05, 3.63) is 36.5 Å². The summed E-state index contributed by atoms with van der Waals surface area (Å²) in [6.07, 6.45) is 4.82. The van der Waals surface area contributed by atoms with Gasteiger partial charge in [0.05, 0.1) is 43.8 Å². The zero-order chi connectivity index (χ0) is 22.1. The number of halogens is 1. The third kappa shape index (κ3) is 3.91. The summed E-state index contributed by atoms with van der Waals surface area (Å²) in [7, 11) is 1.48. The second-order valence-corrected chi connectivity index (χ2v) is 7.67. The van der Waals surface area contributed by atoms with E-state index < -0.39 is 5.82 Å². The van der Waals surface area contributed by atoms with Crippen molar-refractivity contribution in [1.82, 2.24) is 24.5 Å². The fourth-order valence-corrected chi connectivity index (χ4v) is 3.95. The van der Waals surface area contributed by atoms with Crippen molar-refractivity contribution in [2.24, 2.45) is 0 Å². The van der Waals surface area contributed by atoms with E-state index in [-0.39, 0.29) is 12.2 Å². The van der Waals surface area contributed by atoms with E-state index >= 15 is 0 Å². The van der Waals surface area contributed by atoms with E-state index in [0.717, 1.165) is 18.4 Å². The Morgan fingerprint density at radius 3 is 2.81 bits per heavy atom. The number of aromatic nitrogens is 4. The molecule has 5 heterocycles. The molecule has 0 N–H and O–H groups in total. The summed E-state index contributed by atoms with van der Waals surface area (Å²) in [4.78, 5) is 25.0. The van der Waals surface area contributed by atoms with E-state index in [9.17, 15) is 9.18 Å². The molecule has 0 aliphatic carbocycles. The van der Waals surface area contributed by atoms with Gasteiger partial charge in [0.25, 0.3) is 0 Å². The third-order valence-corrected chi connectivity index (χ3v) is 5.67. The lowest BCUT2D eigenvalue weighted by Crippen LogP contribution is -2.49. The Labute approximate surface area is 183 Å². The second kappa shape index (κ2) is 8.58. The maximum Gasteiger partial charge on any atom is 0.410 e. The Morgan fingerprint density at radius 1 is 1.22 bits per heavy atom. The molecule has 2 aliphatic rings. The highest BCUT2D eigenvalue weighted by atomic mass is 19.1. The van der Waals surface area contributed by atoms with Gasteiger partial charge in [-0.3, -0.25) is 0 Å². The van der Waals surface area contributed by atoms with Crippen molar-refractivity contribution < 1.29 is 23.4 Å². The van der Waals surface area contributed by atoms with Gasteiger partial charge in [0.2, 0.25) is 5.88 Å². The van der Waals surface area contributed by atoms with E-state index in [2.05, 4.69) is 15.0 Å². The molecule has 2 aliphatic heterocycles. The number of fused-ring (bicyclic) bond motifs is 1. The number of ether oxygens (including phenoxy) is 3. The van der Waals surface area contributed by atoms with Crippen LogP contribution in [0.5, 0.6) is 5.88 Å². The van der Waals surface area contributed by atoms with Crippen molar-refractivity contribution >= 4 is 17.6 Å². The van der Waals surface area contributed by atoms with Crippen LogP contribution in [0.15, 0.2) is 30.7 Å². The van der Waals surface area contributed by atoms with Crippen LogP contribution in [0.4, 0.5) is 15.0 Å². The number of rotatable bonds is 4. The topological polar surface area (TPSA) is 94.3 Å². The van der Waals surface area contributed by atoms with E-state index in [1.807, 2.05) is 6.07 Å². The molecule has 0 spiro atoms. The monoisotopic (exact) mass is 442 g/mol. The summed E-state index contributed by atoms with van der Waals surface area (Å²) in [6, 6.07) is 3.23. The molecule has 0 saturated carbocycles. The molecule has 168 valence electrons. The molecule has 0 radical (unpaired) electrons. The molecule has 2 saturated heterocycles. The third-order valence-electron chi connectivity index (χ3n) is 5.67. The highest BCUT2D eigenvalue weighted by molar-refractivity contribution is 5.80. The van der Waals surface area contributed by atoms with Crippen LogP contribution in [-0.2, 0) is 9.47 Å². The Morgan fingerprint density at radius 2 is 2.06 bits per heavy atom. The van der Waals surface area contributed by atoms with Gasteiger partial charge in [-0.05, 0) is 12.1 Å². The number of hydrogen-bond acceptors (Lipinski definition) is 8. The summed E-state index contributed by atoms with van der Waals surface area (Å²) in [5.74, 6) is 0.580. The maximum atomic E-state index is 13.9. The highest BCUT2D eigenvalue weighted by Crippen LogP contribution is 2.31. The van der Waals surface area contributed by atoms with Crippen molar-refractivity contribution in [2.45, 2.75) is 12.5 Å². The van der Waals surface area contributed by atoms with Gasteiger partial charge in [-0.1, -0.05) is 0 Å². The molecule has 11 heteroatoms. The molecule has 3 aromatic heterocycles. The predicted molar refractivity (Wildman–Crippen MR) is 112 cm³/mol. The largest absolute Gasteiger partial charge is 0.481 e. The number of carbonyl (C=O) groups excluding carboxylic acids is 1. The van der Waals surface area contributed by atoms with Gasteiger partial charge in [-0.25, -0.2) is 23.7 Å². The van der Waals surface area contributed by atoms with Gasteiger partial charge in [-0.2, -0.15) is 5.10 Å². The lowest BCUT2D eigenvalue weighted by atomic mass is 10.1. The van der Waals surface area contributed by atoms with Gasteiger partial charge in [0.1, 0.15) is 17.7 Å². The van der Waals surface area contributed by atoms with Gasteiger partial charge in [0, 0.05) is 38.8 Å². The molecule has 10 nitrogen and oxygen atoms in total. The van der Waals surface area contributed by atoms with E-state index in [1.165, 1.54) is 13.2 Å². The predicted octanol–water partition coefficient (Wildman–Crippen LogP) is 1.99. The van der Waals surface area contributed by atoms with Crippen LogP contribution in [0.3, 0.4) is 0 Å². The van der Waals surface area contributed by atoms with E-state index in [0.29, 0.717) is 62.0 Å². The van der Waals surface area contributed by atoms with Gasteiger partial charge in [-0.15, -0.1) is 0 Å². The summed E-state index contributed by atoms with van der Waals surface area (Å²) >= 11 is 0. The Balaban J connectivity index is 1.33. The number of nitrogens with zero attached hydrogens (tertiary/aromatic N) is 6. The minimum Gasteiger partial charge on any atom is -0.481 e. The number of pyridine rings is 1. The molecule has 0 aromatic carbocycles. The minimum absolute atomic E-state index is 0.154. The number of amides is 1. The zero-order valence-corrected chi connectivity index (χ0v) is 17.6. The first-order chi connectivity index (χ1) is 15.6. The lowest BCUT2D eigenvalue weighted by Gasteiger charge is -2.35. The number of piperazine rings is 1. The van der Waals surface area contributed by atoms with Crippen molar-refractivity contribution in [2.75, 3.05) is 51.4 Å². The average Bonchev–Trinajstić information content (AvgIpc) is 3.48. The standard InChI is InChI=1S/C21H23FN6O4/c1-30-20-16(10-14(22)11-23-20)17-12-24-28-4-2-18(25-19(17)28)26-5-7-27(8-6-26)21(29)32-15-3-9-31-13-15/h2,4,10-12,15H,3,5-9,13H2,1H3. The van der Waals surface area contributed by atoms with E-state index in [4.69, 9.17) is 19.2 Å². The van der Waals surface area contributed by atoms with E-state index in [1.54, 1.807) is 21.8 Å². The average molecular weight is 442 g/mol. The number of hydrogen-bond donors (Lipinski definition) is 0. The van der Waals surface area contributed by atoms with Crippen molar-refractivity contribution in [1.29, 1.82) is 0 Å². The molecule has 0 bridgehead atoms. The highest BCUT2D eigenvalue weighted by Gasteiger charge is 2.27. The minimum atomic E-state index is -0.469.